The third-order valence-electron chi connectivity index (χ3n) is 0.496. The van der Waals surface area contributed by atoms with Crippen LogP contribution >= 0.6 is 35.4 Å². The molecule has 50 valence electrons. The maximum absolute atomic E-state index is 4.77. The van der Waals surface area contributed by atoms with E-state index in [1.54, 1.807) is 0 Å². The van der Waals surface area contributed by atoms with Gasteiger partial charge in [0.2, 0.25) is 0 Å². The van der Waals surface area contributed by atoms with Crippen molar-refractivity contribution in [3.05, 3.63) is 24.5 Å². The molecule has 0 aromatic carbocycles. The van der Waals surface area contributed by atoms with Crippen LogP contribution in [0.4, 0.5) is 0 Å². The Labute approximate surface area is 69.0 Å². The van der Waals surface area contributed by atoms with Gasteiger partial charge in [-0.05, 0) is 12.1 Å². The number of hydrogen-bond acceptors (Lipinski definition) is 1. The summed E-state index contributed by atoms with van der Waals surface area (Å²) in [4.78, 5) is 2.86. The Morgan fingerprint density at radius 1 is 1.22 bits per heavy atom. The summed E-state index contributed by atoms with van der Waals surface area (Å²) in [7, 11) is 0. The highest BCUT2D eigenvalue weighted by atomic mass is 35.5. The van der Waals surface area contributed by atoms with E-state index in [1.807, 2.05) is 24.5 Å². The van der Waals surface area contributed by atoms with Crippen LogP contribution in [0.2, 0.25) is 0 Å². The lowest BCUT2D eigenvalue weighted by Gasteiger charge is -1.53. The van der Waals surface area contributed by atoms with Crippen LogP contribution in [0.3, 0.4) is 0 Å². The van der Waals surface area contributed by atoms with Gasteiger partial charge in [0.25, 0.3) is 0 Å². The smallest absolute Gasteiger partial charge is 0.169 e. The van der Waals surface area contributed by atoms with E-state index in [1.165, 1.54) is 0 Å². The van der Waals surface area contributed by atoms with Gasteiger partial charge in [-0.2, -0.15) is 0 Å². The molecule has 0 fully saturated rings. The molecule has 9 heavy (non-hydrogen) atoms. The number of nitrogens with one attached hydrogen (secondary N) is 1. The highest BCUT2D eigenvalue weighted by molar-refractivity contribution is 7.86. The van der Waals surface area contributed by atoms with Crippen molar-refractivity contribution in [1.29, 1.82) is 0 Å². The number of aromatic nitrogens is 1. The Hall–Kier alpha value is -0.0500. The van der Waals surface area contributed by atoms with Crippen molar-refractivity contribution in [3.63, 3.8) is 0 Å². The molecule has 1 N–H and O–H groups in total. The van der Waals surface area contributed by atoms with Crippen LogP contribution in [-0.2, 0) is 0 Å². The molecule has 0 aliphatic rings. The van der Waals surface area contributed by atoms with E-state index in [4.69, 9.17) is 23.2 Å². The molecule has 0 amide bonds. The first-order valence-corrected chi connectivity index (χ1v) is 3.32. The van der Waals surface area contributed by atoms with E-state index in [-0.39, 0.29) is 3.78 Å². The maximum Gasteiger partial charge on any atom is 0.169 e. The predicted octanol–water partition coefficient (Wildman–Crippen LogP) is 2.76. The molecule has 0 spiro atoms. The van der Waals surface area contributed by atoms with Gasteiger partial charge in [0, 0.05) is 12.4 Å². The van der Waals surface area contributed by atoms with Crippen molar-refractivity contribution in [2.45, 2.75) is 0 Å². The molecule has 1 aromatic rings. The highest BCUT2D eigenvalue weighted by Crippen LogP contribution is 1.86. The van der Waals surface area contributed by atoms with Crippen molar-refractivity contribution in [1.82, 2.24) is 4.98 Å². The van der Waals surface area contributed by atoms with Gasteiger partial charge in [0.15, 0.2) is 3.78 Å². The third kappa shape index (κ3) is 11.5. The molecular weight excluding hydrogens is 177 g/mol. The number of H-pyrrole nitrogens is 1. The highest BCUT2D eigenvalue weighted by Gasteiger charge is 1.64. The molecule has 0 aliphatic heterocycles. The lowest BCUT2D eigenvalue weighted by molar-refractivity contribution is 1.42. The minimum atomic E-state index is -0.0556. The molecule has 0 saturated carbocycles. The fourth-order valence-corrected chi connectivity index (χ4v) is 0.278. The molecule has 0 atom stereocenters. The van der Waals surface area contributed by atoms with Crippen LogP contribution in [0.25, 0.3) is 0 Å². The van der Waals surface area contributed by atoms with E-state index < -0.39 is 0 Å². The Morgan fingerprint density at radius 2 is 1.56 bits per heavy atom. The number of aromatic amines is 1. The number of rotatable bonds is 0. The second-order valence-corrected chi connectivity index (χ2v) is 2.92. The van der Waals surface area contributed by atoms with Gasteiger partial charge in [-0.15, -0.1) is 0 Å². The molecule has 0 bridgehead atoms. The predicted molar refractivity (Wildman–Crippen MR) is 45.1 cm³/mol. The van der Waals surface area contributed by atoms with Crippen LogP contribution in [0, 0.1) is 0 Å². The summed E-state index contributed by atoms with van der Waals surface area (Å²) in [6.45, 7) is 0. The second kappa shape index (κ2) is 6.08. The first kappa shape index (κ1) is 8.95. The summed E-state index contributed by atoms with van der Waals surface area (Å²) in [5.41, 5.74) is 0. The molecule has 0 radical (unpaired) electrons. The molecule has 1 nitrogen and oxygen atoms in total. The zero-order valence-corrected chi connectivity index (χ0v) is 6.80. The van der Waals surface area contributed by atoms with Gasteiger partial charge in [-0.1, -0.05) is 35.4 Å². The van der Waals surface area contributed by atoms with E-state index in [2.05, 4.69) is 17.2 Å². The van der Waals surface area contributed by atoms with E-state index >= 15 is 0 Å². The van der Waals surface area contributed by atoms with Gasteiger partial charge in [0.1, 0.15) is 0 Å². The van der Waals surface area contributed by atoms with Crippen molar-refractivity contribution >= 4 is 39.2 Å². The van der Waals surface area contributed by atoms with E-state index in [9.17, 15) is 0 Å². The second-order valence-electron chi connectivity index (χ2n) is 1.11. The molecule has 0 aliphatic carbocycles. The van der Waals surface area contributed by atoms with Gasteiger partial charge in [-0.3, -0.25) is 0 Å². The van der Waals surface area contributed by atoms with E-state index in [0.717, 1.165) is 0 Å². The molecule has 1 aromatic heterocycles. The monoisotopic (exact) mass is 181 g/mol. The van der Waals surface area contributed by atoms with Gasteiger partial charge >= 0.3 is 0 Å². The van der Waals surface area contributed by atoms with Crippen LogP contribution in [0.5, 0.6) is 0 Å². The summed E-state index contributed by atoms with van der Waals surface area (Å²) < 4.78 is -0.0556. The van der Waals surface area contributed by atoms with Gasteiger partial charge in [-0.25, -0.2) is 0 Å². The van der Waals surface area contributed by atoms with Crippen molar-refractivity contribution in [2.75, 3.05) is 0 Å². The van der Waals surface area contributed by atoms with Crippen LogP contribution in [0.1, 0.15) is 0 Å². The summed E-state index contributed by atoms with van der Waals surface area (Å²) >= 11 is 13.6. The number of halogens is 2. The Bertz CT molecular complexity index is 129. The van der Waals surface area contributed by atoms with Crippen molar-refractivity contribution < 1.29 is 0 Å². The molecule has 0 saturated heterocycles. The average Bonchev–Trinajstić information content (AvgIpc) is 2.11. The largest absolute Gasteiger partial charge is 0.368 e. The van der Waals surface area contributed by atoms with Gasteiger partial charge < -0.3 is 4.98 Å². The standard InChI is InChI=1S/C4H5N.CCl2S/c1-2-4-5-3-1;2-1(3)4/h1-5H;. The van der Waals surface area contributed by atoms with Crippen molar-refractivity contribution in [2.24, 2.45) is 0 Å². The molecular formula is C5H5Cl2NS. The summed E-state index contributed by atoms with van der Waals surface area (Å²) in [5, 5.41) is 0. The topological polar surface area (TPSA) is 15.8 Å². The average molecular weight is 182 g/mol. The third-order valence-corrected chi connectivity index (χ3v) is 0.496. The zero-order valence-electron chi connectivity index (χ0n) is 4.47. The quantitative estimate of drug-likeness (QED) is 0.481. The molecule has 4 heteroatoms. The lowest BCUT2D eigenvalue weighted by atomic mass is 10.7. The maximum atomic E-state index is 4.77. The van der Waals surface area contributed by atoms with Gasteiger partial charge in [0.05, 0.1) is 0 Å². The minimum Gasteiger partial charge on any atom is -0.368 e. The summed E-state index contributed by atoms with van der Waals surface area (Å²) in [5.74, 6) is 0. The minimum absolute atomic E-state index is 0.0556. The zero-order chi connectivity index (χ0) is 7.11. The number of hydrogen-bond donors (Lipinski definition) is 1. The Morgan fingerprint density at radius 3 is 1.67 bits per heavy atom. The molecule has 0 unspecified atom stereocenters. The van der Waals surface area contributed by atoms with Crippen LogP contribution in [-0.4, -0.2) is 8.77 Å². The van der Waals surface area contributed by atoms with Crippen LogP contribution in [0.15, 0.2) is 24.5 Å². The lowest BCUT2D eigenvalue weighted by Crippen LogP contribution is -1.45. The molecule has 1 rings (SSSR count). The Kier molecular flexibility index (Phi) is 6.04. The van der Waals surface area contributed by atoms with Crippen LogP contribution < -0.4 is 0 Å². The first-order valence-electron chi connectivity index (χ1n) is 2.16. The fraction of sp³-hybridized carbons (Fsp3) is 0. The normalized spacial score (nSPS) is 7.33. The fourth-order valence-electron chi connectivity index (χ4n) is 0.278. The first-order chi connectivity index (χ1) is 4.23. The van der Waals surface area contributed by atoms with E-state index in [0.29, 0.717) is 0 Å². The Balaban J connectivity index is 0.000000148. The summed E-state index contributed by atoms with van der Waals surface area (Å²) in [6, 6.07) is 3.89. The summed E-state index contributed by atoms with van der Waals surface area (Å²) in [6.07, 6.45) is 3.75. The number of thiocarbonyl (C=S) groups is 1. The van der Waals surface area contributed by atoms with Crippen molar-refractivity contribution in [3.8, 4) is 0 Å². The molecule has 1 heterocycles. The SMILES string of the molecule is S=C(Cl)Cl.c1cc[nH]c1.